The van der Waals surface area contributed by atoms with Crippen molar-refractivity contribution in [2.24, 2.45) is 20.5 Å². The highest BCUT2D eigenvalue weighted by Crippen LogP contribution is 2.30. The van der Waals surface area contributed by atoms with Crippen molar-refractivity contribution in [2.45, 2.75) is 58.0 Å². The number of ketones is 2. The zero-order chi connectivity index (χ0) is 50.2. The topological polar surface area (TPSA) is 218 Å². The summed E-state index contributed by atoms with van der Waals surface area (Å²) in [6.45, 7) is 6.82. The van der Waals surface area contributed by atoms with E-state index in [1.54, 1.807) is 36.4 Å². The van der Waals surface area contributed by atoms with Gasteiger partial charge >= 0.3 is 0 Å². The molecule has 5 rings (SSSR count). The maximum Gasteiger partial charge on any atom is 0.258 e. The maximum absolute atomic E-state index is 13.5. The average molecular weight is 1040 g/mol. The van der Waals surface area contributed by atoms with Gasteiger partial charge in [0, 0.05) is 73.7 Å². The van der Waals surface area contributed by atoms with Crippen LogP contribution in [0.15, 0.2) is 111 Å². The molecule has 69 heavy (non-hydrogen) atoms. The molecule has 0 spiro atoms. The number of carbonyl (C=O) groups is 6. The number of aryl methyl sites for hydroxylation is 1. The van der Waals surface area contributed by atoms with Gasteiger partial charge in [0.15, 0.2) is 11.6 Å². The molecule has 2 unspecified atom stereocenters. The van der Waals surface area contributed by atoms with Gasteiger partial charge in [0.05, 0.1) is 24.6 Å². The third-order valence-corrected chi connectivity index (χ3v) is 10.9. The molecule has 360 valence electrons. The average Bonchev–Trinajstić information content (AvgIpc) is 3.30. The minimum Gasteiger partial charge on any atom is -0.494 e. The van der Waals surface area contributed by atoms with E-state index in [9.17, 15) is 28.8 Å². The monoisotopic (exact) mass is 1040 g/mol. The van der Waals surface area contributed by atoms with Gasteiger partial charge in [-0.2, -0.15) is 20.5 Å². The Labute approximate surface area is 422 Å². The zero-order valence-corrected chi connectivity index (χ0v) is 41.3. The molecule has 4 N–H and O–H groups in total. The van der Waals surface area contributed by atoms with Crippen LogP contribution in [0.5, 0.6) is 11.5 Å². The molecular weight excluding hydrogens is 994 g/mol. The van der Waals surface area contributed by atoms with Crippen LogP contribution in [0.1, 0.15) is 65.1 Å². The number of hydrogen-bond acceptors (Lipinski definition) is 12. The lowest BCUT2D eigenvalue weighted by atomic mass is 10.1. The second kappa shape index (κ2) is 25.8. The molecule has 0 aliphatic rings. The summed E-state index contributed by atoms with van der Waals surface area (Å²) in [5.74, 6) is -2.63. The van der Waals surface area contributed by atoms with Gasteiger partial charge in [-0.05, 0) is 118 Å². The first-order valence-corrected chi connectivity index (χ1v) is 23.4. The lowest BCUT2D eigenvalue weighted by molar-refractivity contribution is -0.127. The number of nitrogens with zero attached hydrogens (tertiary/aromatic N) is 4. The summed E-state index contributed by atoms with van der Waals surface area (Å²) in [5, 5.41) is 27.3. The molecule has 0 aliphatic carbocycles. The summed E-state index contributed by atoms with van der Waals surface area (Å²) in [7, 11) is 0. The lowest BCUT2D eigenvalue weighted by Gasteiger charge is -2.15. The minimum atomic E-state index is -1.62. The van der Waals surface area contributed by atoms with Gasteiger partial charge < -0.3 is 30.7 Å². The Morgan fingerprint density at radius 3 is 1.42 bits per heavy atom. The number of rotatable bonds is 22. The molecule has 4 amide bonds. The third kappa shape index (κ3) is 15.3. The fourth-order valence-corrected chi connectivity index (χ4v) is 7.53. The molecule has 0 aliphatic heterocycles. The number of amides is 4. The summed E-state index contributed by atoms with van der Waals surface area (Å²) >= 11 is 31.0. The molecule has 0 heterocycles. The number of benzene rings is 5. The van der Waals surface area contributed by atoms with E-state index < -0.39 is 47.3 Å². The Kier molecular flexibility index (Phi) is 20.0. The van der Waals surface area contributed by atoms with E-state index in [0.29, 0.717) is 52.8 Å². The predicted molar refractivity (Wildman–Crippen MR) is 269 cm³/mol. The van der Waals surface area contributed by atoms with Crippen molar-refractivity contribution in [2.75, 3.05) is 40.4 Å². The second-order valence-electron chi connectivity index (χ2n) is 14.8. The van der Waals surface area contributed by atoms with Crippen LogP contribution in [-0.2, 0) is 37.4 Å². The van der Waals surface area contributed by atoms with Crippen molar-refractivity contribution >= 4 is 127 Å². The zero-order valence-electron chi connectivity index (χ0n) is 37.5. The smallest absolute Gasteiger partial charge is 0.258 e. The van der Waals surface area contributed by atoms with Gasteiger partial charge in [-0.3, -0.25) is 28.8 Å². The second-order valence-corrected chi connectivity index (χ2v) is 16.6. The van der Waals surface area contributed by atoms with Crippen LogP contribution in [-0.4, -0.2) is 66.4 Å². The largest absolute Gasteiger partial charge is 0.494 e. The van der Waals surface area contributed by atoms with E-state index in [1.165, 1.54) is 54.6 Å². The summed E-state index contributed by atoms with van der Waals surface area (Å²) in [6, 6.07) is 19.9. The van der Waals surface area contributed by atoms with E-state index in [0.717, 1.165) is 13.8 Å². The standard InChI is InChI=1S/C48H45Cl5N8O8/c1-5-68-38-10-7-29(24-50)41(22-38)56-45(64)31-15-33(52)20-36(18-31)58-60-43(26(3)62)47(66)54-35-9-12-40(28(17-35)13-14-49)55-48(67)44(27(4)63)61-59-37-19-32(16-34(53)21-37)46(65)57-42-23-39(69-6-2)11-8-30(42)25-51/h7-12,15-23,43-44H,5-6,13-14,24-25H2,1-4H3,(H,54,66)(H,55,67)(H,56,64)(H,57,65). The maximum atomic E-state index is 13.5. The molecule has 16 nitrogen and oxygen atoms in total. The first-order valence-electron chi connectivity index (χ1n) is 21.1. The van der Waals surface area contributed by atoms with Crippen molar-refractivity contribution < 1.29 is 38.2 Å². The normalized spacial score (nSPS) is 12.0. The summed E-state index contributed by atoms with van der Waals surface area (Å²) in [6.07, 6.45) is 0.203. The third-order valence-electron chi connectivity index (χ3n) is 9.70. The number of anilines is 4. The molecule has 21 heteroatoms. The Bertz CT molecular complexity index is 2810. The Morgan fingerprint density at radius 2 is 1.00 bits per heavy atom. The number of ether oxygens (including phenoxy) is 2. The number of azo groups is 2. The van der Waals surface area contributed by atoms with Gasteiger partial charge in [0.25, 0.3) is 23.6 Å². The molecule has 0 radical (unpaired) electrons. The molecular formula is C48H45Cl5N8O8. The number of carbonyl (C=O) groups excluding carboxylic acids is 6. The van der Waals surface area contributed by atoms with Crippen LogP contribution in [0.4, 0.5) is 34.1 Å². The van der Waals surface area contributed by atoms with Gasteiger partial charge in [0.1, 0.15) is 11.5 Å². The molecule has 0 bridgehead atoms. The van der Waals surface area contributed by atoms with E-state index >= 15 is 0 Å². The van der Waals surface area contributed by atoms with Gasteiger partial charge in [-0.25, -0.2) is 0 Å². The predicted octanol–water partition coefficient (Wildman–Crippen LogP) is 11.9. The molecule has 0 aromatic heterocycles. The van der Waals surface area contributed by atoms with Crippen LogP contribution in [0, 0.1) is 0 Å². The first-order chi connectivity index (χ1) is 33.0. The summed E-state index contributed by atoms with van der Waals surface area (Å²) in [4.78, 5) is 79.1. The van der Waals surface area contributed by atoms with Crippen LogP contribution < -0.4 is 30.7 Å². The van der Waals surface area contributed by atoms with Crippen LogP contribution in [0.2, 0.25) is 10.0 Å². The quantitative estimate of drug-likeness (QED) is 0.0296. The number of Topliss-reactive ketones (excluding diaryl/α,β-unsaturated/α-hetero) is 2. The van der Waals surface area contributed by atoms with Crippen LogP contribution in [0.3, 0.4) is 0 Å². The molecule has 5 aromatic carbocycles. The van der Waals surface area contributed by atoms with E-state index in [2.05, 4.69) is 41.7 Å². The number of alkyl halides is 3. The SMILES string of the molecule is CCOc1ccc(CCl)c(NC(=O)c2cc(Cl)cc(N=NC(C(C)=O)C(=O)Nc3ccc(NC(=O)C(N=Nc4cc(Cl)cc(C(=O)Nc5cc(OCC)ccc5CCl)c4)C(C)=O)c(CCCl)c3)c2)c1. The van der Waals surface area contributed by atoms with Crippen molar-refractivity contribution in [3.05, 3.63) is 129 Å². The van der Waals surface area contributed by atoms with Crippen molar-refractivity contribution in [3.63, 3.8) is 0 Å². The van der Waals surface area contributed by atoms with Crippen LogP contribution in [0.25, 0.3) is 0 Å². The summed E-state index contributed by atoms with van der Waals surface area (Å²) in [5.41, 5.74) is 3.48. The number of nitrogens with one attached hydrogen (secondary N) is 4. The molecule has 5 aromatic rings. The Hall–Kier alpha value is -6.43. The van der Waals surface area contributed by atoms with Crippen molar-refractivity contribution in [1.29, 1.82) is 0 Å². The van der Waals surface area contributed by atoms with Gasteiger partial charge in [0.2, 0.25) is 12.1 Å². The number of halogens is 5. The molecule has 0 fully saturated rings. The Morgan fingerprint density at radius 1 is 0.536 bits per heavy atom. The number of hydrogen-bond donors (Lipinski definition) is 4. The van der Waals surface area contributed by atoms with Gasteiger partial charge in [-0.1, -0.05) is 35.3 Å². The fourth-order valence-electron chi connectivity index (χ4n) is 6.40. The highest BCUT2D eigenvalue weighted by Gasteiger charge is 2.26. The van der Waals surface area contributed by atoms with Crippen molar-refractivity contribution in [1.82, 2.24) is 0 Å². The summed E-state index contributed by atoms with van der Waals surface area (Å²) < 4.78 is 11.1. The Balaban J connectivity index is 1.28. The molecule has 0 saturated heterocycles. The first kappa shape index (κ1) is 53.5. The van der Waals surface area contributed by atoms with Gasteiger partial charge in [-0.15, -0.1) is 34.8 Å². The molecule has 2 atom stereocenters. The molecule has 0 saturated carbocycles. The van der Waals surface area contributed by atoms with E-state index in [-0.39, 0.29) is 68.0 Å². The lowest BCUT2D eigenvalue weighted by Crippen LogP contribution is -2.32. The van der Waals surface area contributed by atoms with E-state index in [1.807, 2.05) is 13.8 Å². The van der Waals surface area contributed by atoms with Crippen LogP contribution >= 0.6 is 58.0 Å². The fraction of sp³-hybridized carbons (Fsp3) is 0.250. The highest BCUT2D eigenvalue weighted by molar-refractivity contribution is 6.32. The van der Waals surface area contributed by atoms with Crippen molar-refractivity contribution in [3.8, 4) is 11.5 Å². The minimum absolute atomic E-state index is 0.0840. The highest BCUT2D eigenvalue weighted by atomic mass is 35.5. The van der Waals surface area contributed by atoms with E-state index in [4.69, 9.17) is 67.5 Å².